The fourth-order valence-corrected chi connectivity index (χ4v) is 6.15. The minimum absolute atomic E-state index is 0.0370. The van der Waals surface area contributed by atoms with E-state index in [-0.39, 0.29) is 10.8 Å². The average molecular weight is 507 g/mol. The number of rotatable bonds is 2. The highest BCUT2D eigenvalue weighted by Gasteiger charge is 2.68. The normalized spacial score (nSPS) is 24.8. The molecule has 0 radical (unpaired) electrons. The van der Waals surface area contributed by atoms with E-state index >= 15 is 0 Å². The van der Waals surface area contributed by atoms with Gasteiger partial charge in [0.25, 0.3) is 0 Å². The van der Waals surface area contributed by atoms with Crippen molar-refractivity contribution >= 4 is 0 Å². The predicted octanol–water partition coefficient (Wildman–Crippen LogP) is 8.90. The van der Waals surface area contributed by atoms with Gasteiger partial charge in [-0.15, -0.1) is 0 Å². The number of aryl methyl sites for hydroxylation is 2. The molecule has 4 bridgehead atoms. The van der Waals surface area contributed by atoms with Crippen LogP contribution in [0, 0.1) is 0 Å². The van der Waals surface area contributed by atoms with E-state index in [0.717, 1.165) is 35.5 Å². The van der Waals surface area contributed by atoms with Crippen LogP contribution in [0.3, 0.4) is 0 Å². The number of benzene rings is 2. The summed E-state index contributed by atoms with van der Waals surface area (Å²) >= 11 is 0. The van der Waals surface area contributed by atoms with Crippen LogP contribution in [0.2, 0.25) is 0 Å². The Morgan fingerprint density at radius 1 is 0.595 bits per heavy atom. The number of fused-ring (bicyclic) bond motifs is 7. The summed E-state index contributed by atoms with van der Waals surface area (Å²) in [5.74, 6) is 2.00. The van der Waals surface area contributed by atoms with Crippen molar-refractivity contribution in [3.63, 3.8) is 0 Å². The average Bonchev–Trinajstić information content (AvgIpc) is 3.40. The van der Waals surface area contributed by atoms with Gasteiger partial charge >= 0.3 is 0 Å². The van der Waals surface area contributed by atoms with Gasteiger partial charge in [0.05, 0.1) is 14.2 Å². The summed E-state index contributed by atoms with van der Waals surface area (Å²) in [5, 5.41) is 0. The third-order valence-electron chi connectivity index (χ3n) is 8.92. The number of hydrogen-bond acceptors (Lipinski definition) is 3. The molecule has 37 heavy (non-hydrogen) atoms. The van der Waals surface area contributed by atoms with E-state index in [0.29, 0.717) is 0 Å². The molecule has 0 unspecified atom stereocenters. The van der Waals surface area contributed by atoms with E-state index in [4.69, 9.17) is 14.2 Å². The minimum Gasteiger partial charge on any atom is -0.496 e. The molecular weight excluding hydrogens is 456 g/mol. The first kappa shape index (κ1) is 28.0. The first-order valence-electron chi connectivity index (χ1n) is 14.4. The van der Waals surface area contributed by atoms with Crippen LogP contribution in [0.1, 0.15) is 127 Å². The molecule has 4 rings (SSSR count). The molecule has 2 aromatic rings. The molecular formula is C34H50O3. The predicted molar refractivity (Wildman–Crippen MR) is 154 cm³/mol. The van der Waals surface area contributed by atoms with Gasteiger partial charge in [0.1, 0.15) is 22.7 Å². The summed E-state index contributed by atoms with van der Waals surface area (Å²) in [6, 6.07) is 9.45. The monoisotopic (exact) mass is 506 g/mol. The van der Waals surface area contributed by atoms with Crippen LogP contribution in [0.5, 0.6) is 11.5 Å². The van der Waals surface area contributed by atoms with Crippen LogP contribution in [0.25, 0.3) is 0 Å². The third kappa shape index (κ3) is 5.18. The van der Waals surface area contributed by atoms with Crippen molar-refractivity contribution < 1.29 is 14.2 Å². The Morgan fingerprint density at radius 3 is 1.27 bits per heavy atom. The van der Waals surface area contributed by atoms with Crippen LogP contribution in [-0.4, -0.2) is 14.2 Å². The van der Waals surface area contributed by atoms with E-state index in [1.54, 1.807) is 0 Å². The molecule has 2 aromatic carbocycles. The van der Waals surface area contributed by atoms with Crippen molar-refractivity contribution in [1.82, 2.24) is 0 Å². The molecule has 1 fully saturated rings. The van der Waals surface area contributed by atoms with Gasteiger partial charge in [-0.3, -0.25) is 0 Å². The standard InChI is InChI=1S/C34H50O3/c1-31(2,3)25-19-23-17-15-13-11-12-14-16-18-24-20-26(32(4,5)6)22-28(30(24)36-10)34(8)33(7,37-34)27(21-25)29(23)35-9/h19-22H,11-18H2,1-10H3/t33-,34-/m1/s1. The number of hydrogen-bond donors (Lipinski definition) is 0. The second-order valence-corrected chi connectivity index (χ2v) is 13.7. The Balaban J connectivity index is 1.97. The minimum atomic E-state index is -0.507. The lowest BCUT2D eigenvalue weighted by Gasteiger charge is -2.28. The maximum atomic E-state index is 6.86. The SMILES string of the molecule is COc1c2cc(C(C)(C)C)cc1[C@@]1(C)O[C@]1(C)c1cc(C(C)(C)C)cc(c1OC)CCCCCCCC2. The number of methoxy groups -OCH3 is 2. The summed E-state index contributed by atoms with van der Waals surface area (Å²) in [4.78, 5) is 0. The summed E-state index contributed by atoms with van der Waals surface area (Å²) < 4.78 is 19.2. The lowest BCUT2D eigenvalue weighted by molar-refractivity contribution is 0.271. The zero-order chi connectivity index (χ0) is 27.2. The Kier molecular flexibility index (Phi) is 7.54. The lowest BCUT2D eigenvalue weighted by Crippen LogP contribution is -2.22. The van der Waals surface area contributed by atoms with Crippen molar-refractivity contribution in [1.29, 1.82) is 0 Å². The molecule has 204 valence electrons. The smallest absolute Gasteiger partial charge is 0.128 e. The highest BCUT2D eigenvalue weighted by Crippen LogP contribution is 2.66. The second-order valence-electron chi connectivity index (χ2n) is 13.7. The van der Waals surface area contributed by atoms with Gasteiger partial charge in [-0.25, -0.2) is 0 Å². The zero-order valence-corrected chi connectivity index (χ0v) is 25.2. The second kappa shape index (κ2) is 9.95. The first-order chi connectivity index (χ1) is 17.3. The van der Waals surface area contributed by atoms with E-state index in [9.17, 15) is 0 Å². The summed E-state index contributed by atoms with van der Waals surface area (Å²) in [6.07, 6.45) is 9.57. The quantitative estimate of drug-likeness (QED) is 0.381. The fourth-order valence-electron chi connectivity index (χ4n) is 6.15. The summed E-state index contributed by atoms with van der Waals surface area (Å²) in [6.45, 7) is 18.3. The Hall–Kier alpha value is -2.00. The van der Waals surface area contributed by atoms with Crippen molar-refractivity contribution in [3.05, 3.63) is 57.6 Å². The molecule has 2 atom stereocenters. The molecule has 0 spiro atoms. The highest BCUT2D eigenvalue weighted by molar-refractivity contribution is 5.58. The van der Waals surface area contributed by atoms with E-state index in [1.807, 2.05) is 14.2 Å². The van der Waals surface area contributed by atoms with Gasteiger partial charge in [0.15, 0.2) is 0 Å². The Morgan fingerprint density at radius 2 is 0.946 bits per heavy atom. The number of ether oxygens (including phenoxy) is 3. The molecule has 1 aliphatic carbocycles. The summed E-state index contributed by atoms with van der Waals surface area (Å²) in [7, 11) is 3.64. The third-order valence-corrected chi connectivity index (χ3v) is 8.92. The first-order valence-corrected chi connectivity index (χ1v) is 14.4. The molecule has 3 heteroatoms. The topological polar surface area (TPSA) is 31.0 Å². The van der Waals surface area contributed by atoms with Crippen molar-refractivity contribution in [2.24, 2.45) is 0 Å². The van der Waals surface area contributed by atoms with Crippen LogP contribution in [0.15, 0.2) is 24.3 Å². The Bertz CT molecular complexity index is 1040. The van der Waals surface area contributed by atoms with Crippen LogP contribution in [0.4, 0.5) is 0 Å². The highest BCUT2D eigenvalue weighted by atomic mass is 16.6. The van der Waals surface area contributed by atoms with Gasteiger partial charge in [-0.05, 0) is 84.7 Å². The van der Waals surface area contributed by atoms with Crippen LogP contribution in [-0.2, 0) is 39.6 Å². The largest absolute Gasteiger partial charge is 0.496 e. The molecule has 0 aromatic heterocycles. The van der Waals surface area contributed by atoms with Crippen molar-refractivity contribution in [2.75, 3.05) is 14.2 Å². The molecule has 0 N–H and O–H groups in total. The van der Waals surface area contributed by atoms with Crippen molar-refractivity contribution in [3.8, 4) is 11.5 Å². The molecule has 0 saturated carbocycles. The van der Waals surface area contributed by atoms with Crippen molar-refractivity contribution in [2.45, 2.75) is 129 Å². The fraction of sp³-hybridized carbons (Fsp3) is 0.647. The summed E-state index contributed by atoms with van der Waals surface area (Å²) in [5.41, 5.74) is 6.70. The van der Waals surface area contributed by atoms with Gasteiger partial charge in [-0.2, -0.15) is 0 Å². The molecule has 3 nitrogen and oxygen atoms in total. The van der Waals surface area contributed by atoms with Crippen LogP contribution >= 0.6 is 0 Å². The van der Waals surface area contributed by atoms with E-state index in [1.165, 1.54) is 60.8 Å². The van der Waals surface area contributed by atoms with Crippen LogP contribution < -0.4 is 9.47 Å². The zero-order valence-electron chi connectivity index (χ0n) is 25.2. The van der Waals surface area contributed by atoms with Gasteiger partial charge in [0.2, 0.25) is 0 Å². The molecule has 1 aliphatic heterocycles. The van der Waals surface area contributed by atoms with E-state index in [2.05, 4.69) is 79.7 Å². The van der Waals surface area contributed by atoms with Gasteiger partial charge in [0, 0.05) is 11.1 Å². The molecule has 0 amide bonds. The number of epoxide rings is 1. The maximum absolute atomic E-state index is 6.86. The van der Waals surface area contributed by atoms with Gasteiger partial charge in [-0.1, -0.05) is 79.4 Å². The van der Waals surface area contributed by atoms with E-state index < -0.39 is 11.2 Å². The molecule has 2 aliphatic rings. The maximum Gasteiger partial charge on any atom is 0.128 e. The molecule has 1 saturated heterocycles. The van der Waals surface area contributed by atoms with Gasteiger partial charge < -0.3 is 14.2 Å². The molecule has 1 heterocycles. The Labute approximate surface area is 226 Å². The lowest BCUT2D eigenvalue weighted by atomic mass is 9.76.